The Morgan fingerprint density at radius 1 is 1.29 bits per heavy atom. The van der Waals surface area contributed by atoms with Crippen LogP contribution in [0.4, 0.5) is 5.69 Å². The lowest BCUT2D eigenvalue weighted by atomic mass is 10.1. The fourth-order valence-electron chi connectivity index (χ4n) is 2.24. The number of fused-ring (bicyclic) bond motifs is 1. The highest BCUT2D eigenvalue weighted by Gasteiger charge is 2.25. The zero-order valence-corrected chi connectivity index (χ0v) is 15.6. The molecule has 2 aromatic rings. The molecule has 6 nitrogen and oxygen atoms in total. The van der Waals surface area contributed by atoms with Gasteiger partial charge in [-0.15, -0.1) is 10.2 Å². The molecule has 1 atom stereocenters. The Morgan fingerprint density at radius 3 is 2.62 bits per heavy atom. The molecule has 1 aliphatic heterocycles. The van der Waals surface area contributed by atoms with Crippen LogP contribution in [0, 0.1) is 5.92 Å². The average molecular weight is 361 g/mol. The van der Waals surface area contributed by atoms with E-state index in [2.05, 4.69) is 22.4 Å². The van der Waals surface area contributed by atoms with Crippen LogP contribution in [0.5, 0.6) is 0 Å². The smallest absolute Gasteiger partial charge is 0.226 e. The summed E-state index contributed by atoms with van der Waals surface area (Å²) >= 11 is 3.17. The van der Waals surface area contributed by atoms with E-state index in [1.807, 2.05) is 44.4 Å². The maximum Gasteiger partial charge on any atom is 0.226 e. The number of nitrogens with zero attached hydrogens (tertiary/aromatic N) is 4. The molecule has 0 saturated carbocycles. The van der Waals surface area contributed by atoms with Gasteiger partial charge in [0.05, 0.1) is 11.0 Å². The zero-order chi connectivity index (χ0) is 17.3. The van der Waals surface area contributed by atoms with Crippen molar-refractivity contribution in [2.75, 3.05) is 11.6 Å². The normalized spacial score (nSPS) is 16.7. The van der Waals surface area contributed by atoms with E-state index in [9.17, 15) is 4.79 Å². The minimum atomic E-state index is -0.0408. The second-order valence-corrected chi connectivity index (χ2v) is 7.83. The average Bonchev–Trinajstić information content (AvgIpc) is 2.96. The molecular formula is C16H19N5OS2. The lowest BCUT2D eigenvalue weighted by molar-refractivity contribution is -0.118. The van der Waals surface area contributed by atoms with Crippen LogP contribution in [0.3, 0.4) is 0 Å². The first-order valence-corrected chi connectivity index (χ1v) is 9.76. The van der Waals surface area contributed by atoms with Gasteiger partial charge >= 0.3 is 0 Å². The summed E-state index contributed by atoms with van der Waals surface area (Å²) in [5, 5.41) is 17.7. The number of amides is 1. The van der Waals surface area contributed by atoms with Crippen molar-refractivity contribution < 1.29 is 4.79 Å². The highest BCUT2D eigenvalue weighted by molar-refractivity contribution is 8.00. The molecule has 1 N–H and O–H groups in total. The number of anilines is 1. The van der Waals surface area contributed by atoms with Crippen LogP contribution < -0.4 is 5.32 Å². The Balaban J connectivity index is 1.87. The second kappa shape index (κ2) is 6.98. The number of benzene rings is 1. The number of nitrogens with one attached hydrogen (secondary N) is 1. The molecule has 0 saturated heterocycles. The van der Waals surface area contributed by atoms with Crippen molar-refractivity contribution in [1.82, 2.24) is 14.9 Å². The number of carbonyl (C=O) groups is 1. The molecule has 2 heterocycles. The van der Waals surface area contributed by atoms with Crippen molar-refractivity contribution in [2.24, 2.45) is 11.0 Å². The van der Waals surface area contributed by atoms with Gasteiger partial charge in [-0.25, -0.2) is 0 Å². The molecule has 8 heteroatoms. The molecule has 0 spiro atoms. The number of carbonyl (C=O) groups excluding carboxylic acids is 1. The fraction of sp³-hybridized carbons (Fsp3) is 0.375. The molecule has 1 amide bonds. The second-order valence-electron chi connectivity index (χ2n) is 5.75. The van der Waals surface area contributed by atoms with E-state index in [0.29, 0.717) is 0 Å². The monoisotopic (exact) mass is 361 g/mol. The van der Waals surface area contributed by atoms with Crippen LogP contribution in [-0.4, -0.2) is 38.0 Å². The van der Waals surface area contributed by atoms with Gasteiger partial charge in [0.2, 0.25) is 16.2 Å². The molecule has 0 aliphatic carbocycles. The van der Waals surface area contributed by atoms with Crippen LogP contribution in [0.2, 0.25) is 0 Å². The van der Waals surface area contributed by atoms with Crippen molar-refractivity contribution in [1.29, 1.82) is 0 Å². The third kappa shape index (κ3) is 3.34. The molecule has 1 aromatic heterocycles. The largest absolute Gasteiger partial charge is 0.326 e. The van der Waals surface area contributed by atoms with Gasteiger partial charge in [0, 0.05) is 11.6 Å². The molecule has 0 radical (unpaired) electrons. The first kappa shape index (κ1) is 17.0. The summed E-state index contributed by atoms with van der Waals surface area (Å²) in [7, 11) is 0. The van der Waals surface area contributed by atoms with Crippen molar-refractivity contribution in [3.63, 3.8) is 0 Å². The lowest BCUT2D eigenvalue weighted by Crippen LogP contribution is -2.22. The van der Waals surface area contributed by atoms with E-state index in [0.717, 1.165) is 27.3 Å². The molecule has 0 bridgehead atoms. The lowest BCUT2D eigenvalue weighted by Gasteiger charge is -2.19. The SMILES string of the molecule is CSc1nnc2n1N=C(c1ccc(NC(=O)C(C)C)cc1)[C@@H](C)S2. The predicted octanol–water partition coefficient (Wildman–Crippen LogP) is 3.34. The first-order valence-electron chi connectivity index (χ1n) is 7.66. The van der Waals surface area contributed by atoms with Crippen molar-refractivity contribution in [2.45, 2.75) is 36.3 Å². The van der Waals surface area contributed by atoms with E-state index in [1.54, 1.807) is 16.4 Å². The van der Waals surface area contributed by atoms with Crippen molar-refractivity contribution in [3.05, 3.63) is 29.8 Å². The maximum absolute atomic E-state index is 11.8. The zero-order valence-electron chi connectivity index (χ0n) is 14.0. The first-order chi connectivity index (χ1) is 11.5. The summed E-state index contributed by atoms with van der Waals surface area (Å²) in [4.78, 5) is 11.8. The summed E-state index contributed by atoms with van der Waals surface area (Å²) in [5.41, 5.74) is 2.80. The Morgan fingerprint density at radius 2 is 2.00 bits per heavy atom. The number of hydrogen-bond acceptors (Lipinski definition) is 6. The number of aromatic nitrogens is 3. The molecule has 24 heavy (non-hydrogen) atoms. The molecule has 1 aliphatic rings. The van der Waals surface area contributed by atoms with Crippen molar-refractivity contribution in [3.8, 4) is 0 Å². The molecular weight excluding hydrogens is 342 g/mol. The molecule has 3 rings (SSSR count). The number of thioether (sulfide) groups is 2. The van der Waals surface area contributed by atoms with Gasteiger partial charge in [0.1, 0.15) is 0 Å². The minimum Gasteiger partial charge on any atom is -0.326 e. The maximum atomic E-state index is 11.8. The van der Waals surface area contributed by atoms with E-state index < -0.39 is 0 Å². The van der Waals surface area contributed by atoms with Gasteiger partial charge in [-0.3, -0.25) is 4.79 Å². The summed E-state index contributed by atoms with van der Waals surface area (Å²) in [6, 6.07) is 7.79. The molecule has 0 fully saturated rings. The fourth-order valence-corrected chi connectivity index (χ4v) is 3.65. The van der Waals surface area contributed by atoms with E-state index in [-0.39, 0.29) is 17.1 Å². The quantitative estimate of drug-likeness (QED) is 0.846. The minimum absolute atomic E-state index is 0.0143. The Labute approximate surface area is 149 Å². The summed E-state index contributed by atoms with van der Waals surface area (Å²) in [5.74, 6) is -0.0265. The molecule has 1 aromatic carbocycles. The van der Waals surface area contributed by atoms with Crippen molar-refractivity contribution >= 4 is 40.8 Å². The van der Waals surface area contributed by atoms with E-state index in [4.69, 9.17) is 5.10 Å². The summed E-state index contributed by atoms with van der Waals surface area (Å²) < 4.78 is 1.79. The topological polar surface area (TPSA) is 72.2 Å². The Kier molecular flexibility index (Phi) is 4.96. The molecule has 0 unspecified atom stereocenters. The highest BCUT2D eigenvalue weighted by Crippen LogP contribution is 2.32. The van der Waals surface area contributed by atoms with Crippen LogP contribution in [0.15, 0.2) is 39.7 Å². The van der Waals surface area contributed by atoms with Crippen LogP contribution in [0.1, 0.15) is 26.3 Å². The highest BCUT2D eigenvalue weighted by atomic mass is 32.2. The van der Waals surface area contributed by atoms with Gasteiger partial charge in [-0.2, -0.15) is 9.78 Å². The third-order valence-electron chi connectivity index (χ3n) is 3.61. The molecule has 126 valence electrons. The van der Waals surface area contributed by atoms with E-state index >= 15 is 0 Å². The van der Waals surface area contributed by atoms with Crippen LogP contribution in [0.25, 0.3) is 0 Å². The van der Waals surface area contributed by atoms with Gasteiger partial charge in [0.25, 0.3) is 0 Å². The van der Waals surface area contributed by atoms with Gasteiger partial charge < -0.3 is 5.32 Å². The van der Waals surface area contributed by atoms with Crippen LogP contribution >= 0.6 is 23.5 Å². The van der Waals surface area contributed by atoms with Crippen LogP contribution in [-0.2, 0) is 4.79 Å². The van der Waals surface area contributed by atoms with E-state index in [1.165, 1.54) is 11.8 Å². The number of rotatable bonds is 4. The van der Waals surface area contributed by atoms with Gasteiger partial charge in [-0.1, -0.05) is 49.5 Å². The Bertz CT molecular complexity index is 782. The van der Waals surface area contributed by atoms with Gasteiger partial charge in [-0.05, 0) is 30.9 Å². The third-order valence-corrected chi connectivity index (χ3v) is 5.28. The predicted molar refractivity (Wildman–Crippen MR) is 99.0 cm³/mol. The van der Waals surface area contributed by atoms with Gasteiger partial charge in [0.15, 0.2) is 0 Å². The Hall–Kier alpha value is -1.80. The summed E-state index contributed by atoms with van der Waals surface area (Å²) in [6.07, 6.45) is 1.96. The summed E-state index contributed by atoms with van der Waals surface area (Å²) in [6.45, 7) is 5.85. The number of hydrogen-bond donors (Lipinski definition) is 1. The standard InChI is InChI=1S/C16H19N5OS2/c1-9(2)14(22)17-12-7-5-11(6-8-12)13-10(3)24-16-19-18-15(23-4)21(16)20-13/h5-10H,1-4H3,(H,17,22)/t10-/m1/s1.